The van der Waals surface area contributed by atoms with Gasteiger partial charge in [0.05, 0.1) is 0 Å². The average Bonchev–Trinajstić information content (AvgIpc) is 2.40. The summed E-state index contributed by atoms with van der Waals surface area (Å²) in [5.74, 6) is 2.75. The zero-order valence-corrected chi connectivity index (χ0v) is 12.8. The molecule has 1 aliphatic rings. The SMILES string of the molecule is C=C(CC)CC1CC(CC)CCC1CNCCC. The van der Waals surface area contributed by atoms with Crippen molar-refractivity contribution in [1.82, 2.24) is 5.32 Å². The van der Waals surface area contributed by atoms with Gasteiger partial charge in [-0.05, 0) is 62.9 Å². The summed E-state index contributed by atoms with van der Waals surface area (Å²) in [4.78, 5) is 0. The number of nitrogens with one attached hydrogen (secondary N) is 1. The Morgan fingerprint density at radius 3 is 2.56 bits per heavy atom. The fourth-order valence-electron chi connectivity index (χ4n) is 3.29. The van der Waals surface area contributed by atoms with Crippen LogP contribution in [0.2, 0.25) is 0 Å². The summed E-state index contributed by atoms with van der Waals surface area (Å²) < 4.78 is 0. The fraction of sp³-hybridized carbons (Fsp3) is 0.882. The molecule has 0 amide bonds. The van der Waals surface area contributed by atoms with Gasteiger partial charge in [-0.3, -0.25) is 0 Å². The van der Waals surface area contributed by atoms with E-state index in [1.165, 1.54) is 57.2 Å². The quantitative estimate of drug-likeness (QED) is 0.483. The lowest BCUT2D eigenvalue weighted by atomic mass is 9.71. The molecule has 0 bridgehead atoms. The first kappa shape index (κ1) is 15.8. The van der Waals surface area contributed by atoms with Gasteiger partial charge in [0, 0.05) is 0 Å². The lowest BCUT2D eigenvalue weighted by Gasteiger charge is -2.36. The highest BCUT2D eigenvalue weighted by Crippen LogP contribution is 2.38. The molecule has 18 heavy (non-hydrogen) atoms. The molecule has 0 aromatic heterocycles. The van der Waals surface area contributed by atoms with Crippen LogP contribution in [0.15, 0.2) is 12.2 Å². The molecule has 0 aromatic rings. The smallest absolute Gasteiger partial charge is 0.00178 e. The summed E-state index contributed by atoms with van der Waals surface area (Å²) in [7, 11) is 0. The highest BCUT2D eigenvalue weighted by molar-refractivity contribution is 4.97. The van der Waals surface area contributed by atoms with Crippen LogP contribution in [-0.2, 0) is 0 Å². The number of allylic oxidation sites excluding steroid dienone is 1. The second-order valence-corrected chi connectivity index (χ2v) is 6.12. The molecule has 106 valence electrons. The van der Waals surface area contributed by atoms with E-state index in [1.807, 2.05) is 0 Å². The second-order valence-electron chi connectivity index (χ2n) is 6.12. The standard InChI is InChI=1S/C17H33N/c1-5-10-18-13-16-9-8-15(7-3)12-17(16)11-14(4)6-2/h15-18H,4-13H2,1-3H3. The molecule has 1 saturated carbocycles. The van der Waals surface area contributed by atoms with Crippen molar-refractivity contribution in [2.45, 2.75) is 65.7 Å². The third-order valence-electron chi connectivity index (χ3n) is 4.71. The molecule has 0 aliphatic heterocycles. The van der Waals surface area contributed by atoms with Gasteiger partial charge in [-0.1, -0.05) is 45.8 Å². The largest absolute Gasteiger partial charge is 0.316 e. The molecule has 3 atom stereocenters. The molecule has 0 heterocycles. The number of hydrogen-bond donors (Lipinski definition) is 1. The predicted molar refractivity (Wildman–Crippen MR) is 81.8 cm³/mol. The van der Waals surface area contributed by atoms with E-state index in [0.717, 1.165) is 24.2 Å². The average molecular weight is 251 g/mol. The minimum atomic E-state index is 0.889. The molecule has 1 fully saturated rings. The van der Waals surface area contributed by atoms with Crippen LogP contribution >= 0.6 is 0 Å². The fourth-order valence-corrected chi connectivity index (χ4v) is 3.29. The van der Waals surface area contributed by atoms with Gasteiger partial charge in [-0.25, -0.2) is 0 Å². The summed E-state index contributed by atoms with van der Waals surface area (Å²) >= 11 is 0. The molecule has 1 heteroatoms. The van der Waals surface area contributed by atoms with E-state index in [0.29, 0.717) is 0 Å². The Morgan fingerprint density at radius 2 is 1.94 bits per heavy atom. The van der Waals surface area contributed by atoms with E-state index in [4.69, 9.17) is 0 Å². The summed E-state index contributed by atoms with van der Waals surface area (Å²) in [6.45, 7) is 13.5. The lowest BCUT2D eigenvalue weighted by molar-refractivity contribution is 0.171. The van der Waals surface area contributed by atoms with E-state index >= 15 is 0 Å². The Balaban J connectivity index is 2.47. The Hall–Kier alpha value is -0.300. The highest BCUT2D eigenvalue weighted by Gasteiger charge is 2.29. The van der Waals surface area contributed by atoms with Crippen LogP contribution in [0.5, 0.6) is 0 Å². The van der Waals surface area contributed by atoms with Crippen LogP contribution in [0.3, 0.4) is 0 Å². The van der Waals surface area contributed by atoms with Gasteiger partial charge in [0.2, 0.25) is 0 Å². The minimum absolute atomic E-state index is 0.889. The molecular formula is C17H33N. The third-order valence-corrected chi connectivity index (χ3v) is 4.71. The zero-order valence-electron chi connectivity index (χ0n) is 12.8. The van der Waals surface area contributed by atoms with Crippen molar-refractivity contribution in [3.05, 3.63) is 12.2 Å². The van der Waals surface area contributed by atoms with Crippen molar-refractivity contribution in [3.63, 3.8) is 0 Å². The Morgan fingerprint density at radius 1 is 1.17 bits per heavy atom. The molecule has 1 nitrogen and oxygen atoms in total. The molecule has 0 saturated heterocycles. The molecule has 0 radical (unpaired) electrons. The first-order chi connectivity index (χ1) is 8.71. The van der Waals surface area contributed by atoms with Gasteiger partial charge >= 0.3 is 0 Å². The molecule has 1 aliphatic carbocycles. The van der Waals surface area contributed by atoms with E-state index in [2.05, 4.69) is 32.7 Å². The van der Waals surface area contributed by atoms with Crippen LogP contribution in [0.25, 0.3) is 0 Å². The van der Waals surface area contributed by atoms with Gasteiger partial charge in [-0.15, -0.1) is 0 Å². The Bertz CT molecular complexity index is 232. The summed E-state index contributed by atoms with van der Waals surface area (Å²) in [5, 5.41) is 3.63. The summed E-state index contributed by atoms with van der Waals surface area (Å²) in [5.41, 5.74) is 1.46. The Labute approximate surface area is 114 Å². The summed E-state index contributed by atoms with van der Waals surface area (Å²) in [6.07, 6.45) is 9.35. The maximum absolute atomic E-state index is 4.23. The van der Waals surface area contributed by atoms with E-state index in [-0.39, 0.29) is 0 Å². The zero-order chi connectivity index (χ0) is 13.4. The van der Waals surface area contributed by atoms with Crippen LogP contribution in [0.1, 0.15) is 65.7 Å². The van der Waals surface area contributed by atoms with Crippen LogP contribution in [0, 0.1) is 17.8 Å². The van der Waals surface area contributed by atoms with Crippen LogP contribution in [-0.4, -0.2) is 13.1 Å². The van der Waals surface area contributed by atoms with Crippen molar-refractivity contribution < 1.29 is 0 Å². The van der Waals surface area contributed by atoms with E-state index < -0.39 is 0 Å². The molecular weight excluding hydrogens is 218 g/mol. The first-order valence-electron chi connectivity index (χ1n) is 8.08. The predicted octanol–water partition coefficient (Wildman–Crippen LogP) is 4.78. The van der Waals surface area contributed by atoms with Crippen LogP contribution in [0.4, 0.5) is 0 Å². The lowest BCUT2D eigenvalue weighted by Crippen LogP contribution is -2.33. The van der Waals surface area contributed by atoms with E-state index in [1.54, 1.807) is 0 Å². The highest BCUT2D eigenvalue weighted by atomic mass is 14.9. The van der Waals surface area contributed by atoms with Crippen molar-refractivity contribution in [1.29, 1.82) is 0 Å². The number of hydrogen-bond acceptors (Lipinski definition) is 1. The topological polar surface area (TPSA) is 12.0 Å². The molecule has 0 aromatic carbocycles. The minimum Gasteiger partial charge on any atom is -0.316 e. The van der Waals surface area contributed by atoms with Crippen molar-refractivity contribution >= 4 is 0 Å². The van der Waals surface area contributed by atoms with E-state index in [9.17, 15) is 0 Å². The monoisotopic (exact) mass is 251 g/mol. The second kappa shape index (κ2) is 8.74. The van der Waals surface area contributed by atoms with Crippen LogP contribution < -0.4 is 5.32 Å². The maximum atomic E-state index is 4.23. The molecule has 1 N–H and O–H groups in total. The normalized spacial score (nSPS) is 28.3. The molecule has 0 spiro atoms. The van der Waals surface area contributed by atoms with Crippen molar-refractivity contribution in [2.75, 3.05) is 13.1 Å². The molecule has 1 rings (SSSR count). The first-order valence-corrected chi connectivity index (χ1v) is 8.08. The third kappa shape index (κ3) is 5.14. The van der Waals surface area contributed by atoms with Crippen molar-refractivity contribution in [2.24, 2.45) is 17.8 Å². The molecule has 3 unspecified atom stereocenters. The Kier molecular flexibility index (Phi) is 7.65. The van der Waals surface area contributed by atoms with Crippen molar-refractivity contribution in [3.8, 4) is 0 Å². The maximum Gasteiger partial charge on any atom is -0.00178 e. The van der Waals surface area contributed by atoms with Gasteiger partial charge < -0.3 is 5.32 Å². The van der Waals surface area contributed by atoms with Gasteiger partial charge in [0.25, 0.3) is 0 Å². The number of rotatable bonds is 8. The van der Waals surface area contributed by atoms with Gasteiger partial charge in [-0.2, -0.15) is 0 Å². The summed E-state index contributed by atoms with van der Waals surface area (Å²) in [6, 6.07) is 0. The van der Waals surface area contributed by atoms with Gasteiger partial charge in [0.15, 0.2) is 0 Å². The van der Waals surface area contributed by atoms with Gasteiger partial charge in [0.1, 0.15) is 0 Å².